The summed E-state index contributed by atoms with van der Waals surface area (Å²) in [6.07, 6.45) is 1.73. The highest BCUT2D eigenvalue weighted by Gasteiger charge is 2.23. The number of amides is 2. The number of carbonyl (C=O) groups is 1. The van der Waals surface area contributed by atoms with Crippen molar-refractivity contribution in [3.05, 3.63) is 34.9 Å². The van der Waals surface area contributed by atoms with Crippen molar-refractivity contribution in [2.45, 2.75) is 0 Å². The molecule has 2 heterocycles. The van der Waals surface area contributed by atoms with Gasteiger partial charge >= 0.3 is 6.03 Å². The van der Waals surface area contributed by atoms with Crippen molar-refractivity contribution in [2.75, 3.05) is 18.0 Å². The van der Waals surface area contributed by atoms with Crippen molar-refractivity contribution in [1.29, 1.82) is 0 Å². The molecule has 1 aromatic heterocycles. The highest BCUT2D eigenvalue weighted by Crippen LogP contribution is 2.28. The van der Waals surface area contributed by atoms with E-state index < -0.39 is 0 Å². The summed E-state index contributed by atoms with van der Waals surface area (Å²) in [7, 11) is 0. The fraction of sp³-hybridized carbons (Fsp3) is 0.167. The molecule has 1 aliphatic heterocycles. The Balaban J connectivity index is 2.21. The Morgan fingerprint density at radius 2 is 2.24 bits per heavy atom. The second-order valence-electron chi connectivity index (χ2n) is 3.88. The van der Waals surface area contributed by atoms with Gasteiger partial charge in [0.2, 0.25) is 0 Å². The lowest BCUT2D eigenvalue weighted by Gasteiger charge is -2.15. The summed E-state index contributed by atoms with van der Waals surface area (Å²) in [5, 5.41) is 4.85. The molecule has 1 fully saturated rings. The molecular weight excluding hydrogens is 282 g/mol. The number of anilines is 1. The highest BCUT2D eigenvalue weighted by atomic mass is 79.9. The molecule has 0 bridgehead atoms. The van der Waals surface area contributed by atoms with Crippen molar-refractivity contribution in [3.8, 4) is 0 Å². The lowest BCUT2D eigenvalue weighted by Crippen LogP contribution is -2.28. The number of urea groups is 1. The Morgan fingerprint density at radius 1 is 1.35 bits per heavy atom. The van der Waals surface area contributed by atoms with Gasteiger partial charge in [0, 0.05) is 29.1 Å². The average molecular weight is 292 g/mol. The Hall–Kier alpha value is -1.62. The third-order valence-electron chi connectivity index (χ3n) is 2.82. The second kappa shape index (κ2) is 4.00. The summed E-state index contributed by atoms with van der Waals surface area (Å²) in [6.45, 7) is 1.34. The van der Waals surface area contributed by atoms with Crippen molar-refractivity contribution >= 4 is 38.6 Å². The summed E-state index contributed by atoms with van der Waals surface area (Å²) in [5.41, 5.74) is 0. The number of fused-ring (bicyclic) bond motifs is 1. The first kappa shape index (κ1) is 10.5. The molecule has 86 valence electrons. The largest absolute Gasteiger partial charge is 0.336 e. The van der Waals surface area contributed by atoms with E-state index in [4.69, 9.17) is 0 Å². The fourth-order valence-electron chi connectivity index (χ4n) is 2.01. The number of nitrogens with one attached hydrogen (secondary N) is 1. The van der Waals surface area contributed by atoms with Crippen LogP contribution in [-0.4, -0.2) is 24.1 Å². The molecule has 2 amide bonds. The van der Waals surface area contributed by atoms with Gasteiger partial charge in [0.25, 0.3) is 0 Å². The van der Waals surface area contributed by atoms with Crippen LogP contribution in [0.2, 0.25) is 0 Å². The quantitative estimate of drug-likeness (QED) is 0.878. The van der Waals surface area contributed by atoms with Crippen LogP contribution in [0.5, 0.6) is 0 Å². The van der Waals surface area contributed by atoms with Crippen molar-refractivity contribution < 1.29 is 4.79 Å². The molecule has 4 nitrogen and oxygen atoms in total. The number of hydrogen-bond acceptors (Lipinski definition) is 2. The summed E-state index contributed by atoms with van der Waals surface area (Å²) in [6, 6.07) is 7.85. The van der Waals surface area contributed by atoms with Gasteiger partial charge in [-0.3, -0.25) is 4.90 Å². The van der Waals surface area contributed by atoms with E-state index in [9.17, 15) is 4.79 Å². The average Bonchev–Trinajstić information content (AvgIpc) is 2.74. The maximum Gasteiger partial charge on any atom is 0.323 e. The van der Waals surface area contributed by atoms with Crippen molar-refractivity contribution in [3.63, 3.8) is 0 Å². The predicted octanol–water partition coefficient (Wildman–Crippen LogP) is 2.53. The Morgan fingerprint density at radius 3 is 3.00 bits per heavy atom. The maximum absolute atomic E-state index is 11.7. The molecule has 0 unspecified atom stereocenters. The summed E-state index contributed by atoms with van der Waals surface area (Å²) >= 11 is 3.44. The van der Waals surface area contributed by atoms with Crippen LogP contribution in [0.25, 0.3) is 10.8 Å². The zero-order valence-corrected chi connectivity index (χ0v) is 10.6. The number of hydrogen-bond donors (Lipinski definition) is 1. The molecule has 3 rings (SSSR count). The third kappa shape index (κ3) is 1.76. The van der Waals surface area contributed by atoms with E-state index in [0.717, 1.165) is 21.1 Å². The molecule has 2 aromatic rings. The van der Waals surface area contributed by atoms with Crippen LogP contribution in [0.3, 0.4) is 0 Å². The summed E-state index contributed by atoms with van der Waals surface area (Å²) in [5.74, 6) is 0.721. The maximum atomic E-state index is 11.7. The Bertz CT molecular complexity index is 599. The van der Waals surface area contributed by atoms with E-state index >= 15 is 0 Å². The molecule has 1 aromatic carbocycles. The van der Waals surface area contributed by atoms with Gasteiger partial charge in [-0.15, -0.1) is 0 Å². The normalized spacial score (nSPS) is 15.4. The van der Waals surface area contributed by atoms with Crippen molar-refractivity contribution in [1.82, 2.24) is 10.3 Å². The Labute approximate surface area is 107 Å². The van der Waals surface area contributed by atoms with Gasteiger partial charge in [-0.2, -0.15) is 0 Å². The van der Waals surface area contributed by atoms with E-state index in [-0.39, 0.29) is 6.03 Å². The van der Waals surface area contributed by atoms with Crippen LogP contribution in [0.1, 0.15) is 0 Å². The van der Waals surface area contributed by atoms with Crippen LogP contribution in [0.4, 0.5) is 10.6 Å². The molecule has 5 heteroatoms. The van der Waals surface area contributed by atoms with Crippen molar-refractivity contribution in [2.24, 2.45) is 0 Å². The number of nitrogens with zero attached hydrogens (tertiary/aromatic N) is 2. The lowest BCUT2D eigenvalue weighted by molar-refractivity contribution is 0.252. The number of halogens is 1. The van der Waals surface area contributed by atoms with E-state index in [0.29, 0.717) is 13.1 Å². The fourth-order valence-corrected chi connectivity index (χ4v) is 2.38. The minimum atomic E-state index is -0.0787. The topological polar surface area (TPSA) is 45.2 Å². The SMILES string of the molecule is O=C1NCCN1c1nccc2ccc(Br)cc12. The van der Waals surface area contributed by atoms with Gasteiger partial charge in [-0.05, 0) is 23.6 Å². The molecule has 0 aliphatic carbocycles. The van der Waals surface area contributed by atoms with Crippen LogP contribution < -0.4 is 10.2 Å². The first-order valence-electron chi connectivity index (χ1n) is 5.35. The van der Waals surface area contributed by atoms with E-state index in [1.165, 1.54) is 0 Å². The van der Waals surface area contributed by atoms with E-state index in [1.807, 2.05) is 24.3 Å². The van der Waals surface area contributed by atoms with Gasteiger partial charge in [0.1, 0.15) is 5.82 Å². The highest BCUT2D eigenvalue weighted by molar-refractivity contribution is 9.10. The minimum Gasteiger partial charge on any atom is -0.336 e. The standard InChI is InChI=1S/C12H10BrN3O/c13-9-2-1-8-3-4-14-11(10(8)7-9)16-6-5-15-12(16)17/h1-4,7H,5-6H2,(H,15,17). The third-order valence-corrected chi connectivity index (χ3v) is 3.31. The smallest absolute Gasteiger partial charge is 0.323 e. The first-order chi connectivity index (χ1) is 8.25. The first-order valence-corrected chi connectivity index (χ1v) is 6.14. The summed E-state index contributed by atoms with van der Waals surface area (Å²) in [4.78, 5) is 17.7. The number of benzene rings is 1. The van der Waals surface area contributed by atoms with Gasteiger partial charge in [0.05, 0.1) is 0 Å². The predicted molar refractivity (Wildman–Crippen MR) is 70.2 cm³/mol. The molecule has 1 N–H and O–H groups in total. The van der Waals surface area contributed by atoms with Crippen LogP contribution in [-0.2, 0) is 0 Å². The van der Waals surface area contributed by atoms with Crippen LogP contribution >= 0.6 is 15.9 Å². The number of aromatic nitrogens is 1. The molecular formula is C12H10BrN3O. The minimum absolute atomic E-state index is 0.0787. The zero-order valence-electron chi connectivity index (χ0n) is 8.98. The lowest BCUT2D eigenvalue weighted by atomic mass is 10.1. The van der Waals surface area contributed by atoms with Crippen LogP contribution in [0.15, 0.2) is 34.9 Å². The molecule has 17 heavy (non-hydrogen) atoms. The molecule has 0 radical (unpaired) electrons. The monoisotopic (exact) mass is 291 g/mol. The zero-order chi connectivity index (χ0) is 11.8. The van der Waals surface area contributed by atoms with E-state index in [1.54, 1.807) is 11.1 Å². The Kier molecular flexibility index (Phi) is 2.48. The molecule has 0 spiro atoms. The molecule has 0 saturated carbocycles. The molecule has 1 saturated heterocycles. The molecule has 0 atom stereocenters. The summed E-state index contributed by atoms with van der Waals surface area (Å²) < 4.78 is 0.985. The molecule has 1 aliphatic rings. The number of pyridine rings is 1. The number of carbonyl (C=O) groups excluding carboxylic acids is 1. The van der Waals surface area contributed by atoms with Gasteiger partial charge < -0.3 is 5.32 Å². The number of rotatable bonds is 1. The second-order valence-corrected chi connectivity index (χ2v) is 4.80. The van der Waals surface area contributed by atoms with Gasteiger partial charge in [0.15, 0.2) is 0 Å². The van der Waals surface area contributed by atoms with E-state index in [2.05, 4.69) is 26.2 Å². The van der Waals surface area contributed by atoms with Gasteiger partial charge in [-0.25, -0.2) is 9.78 Å². The van der Waals surface area contributed by atoms with Gasteiger partial charge in [-0.1, -0.05) is 22.0 Å². The van der Waals surface area contributed by atoms with Crippen LogP contribution in [0, 0.1) is 0 Å².